The van der Waals surface area contributed by atoms with Gasteiger partial charge < -0.3 is 5.11 Å². The highest BCUT2D eigenvalue weighted by Crippen LogP contribution is 2.28. The van der Waals surface area contributed by atoms with Crippen molar-refractivity contribution in [2.24, 2.45) is 0 Å². The Morgan fingerprint density at radius 2 is 2.10 bits per heavy atom. The van der Waals surface area contributed by atoms with E-state index in [9.17, 15) is 18.0 Å². The van der Waals surface area contributed by atoms with Crippen LogP contribution >= 0.6 is 11.3 Å². The number of nitrogens with zero attached hydrogens (tertiary/aromatic N) is 4. The second-order valence-electron chi connectivity index (χ2n) is 3.95. The third-order valence-corrected chi connectivity index (χ3v) is 3.45. The number of fused-ring (bicyclic) bond motifs is 1. The molecule has 3 heterocycles. The molecule has 0 atom stereocenters. The van der Waals surface area contributed by atoms with Crippen LogP contribution in [0.4, 0.5) is 13.2 Å². The zero-order valence-electron chi connectivity index (χ0n) is 10.00. The molecule has 0 saturated heterocycles. The average Bonchev–Trinajstić information content (AvgIpc) is 3.05. The van der Waals surface area contributed by atoms with Gasteiger partial charge >= 0.3 is 12.1 Å². The molecule has 10 heteroatoms. The number of alkyl halides is 3. The van der Waals surface area contributed by atoms with E-state index in [0.29, 0.717) is 9.39 Å². The lowest BCUT2D eigenvalue weighted by Gasteiger charge is -2.01. The van der Waals surface area contributed by atoms with Crippen molar-refractivity contribution in [3.8, 4) is 10.6 Å². The predicted octanol–water partition coefficient (Wildman–Crippen LogP) is 2.57. The first kappa shape index (κ1) is 13.5. The molecule has 0 amide bonds. The monoisotopic (exact) mass is 314 g/mol. The first-order valence-corrected chi connectivity index (χ1v) is 6.36. The maximum absolute atomic E-state index is 12.6. The van der Waals surface area contributed by atoms with Crippen LogP contribution in [0.25, 0.3) is 16.3 Å². The minimum absolute atomic E-state index is 0.232. The van der Waals surface area contributed by atoms with Crippen LogP contribution in [0.2, 0.25) is 0 Å². The number of hydrogen-bond donors (Lipinski definition) is 1. The molecule has 0 spiro atoms. The number of halogens is 3. The van der Waals surface area contributed by atoms with E-state index in [1.807, 2.05) is 0 Å². The van der Waals surface area contributed by atoms with Crippen LogP contribution in [-0.2, 0) is 6.18 Å². The van der Waals surface area contributed by atoms with Gasteiger partial charge in [0.2, 0.25) is 0 Å². The molecule has 0 aliphatic heterocycles. The highest BCUT2D eigenvalue weighted by atomic mass is 32.1. The van der Waals surface area contributed by atoms with Crippen LogP contribution < -0.4 is 0 Å². The molecule has 6 nitrogen and oxygen atoms in total. The Kier molecular flexibility index (Phi) is 2.90. The zero-order chi connectivity index (χ0) is 15.2. The minimum Gasteiger partial charge on any atom is -0.477 e. The van der Waals surface area contributed by atoms with E-state index >= 15 is 0 Å². The second kappa shape index (κ2) is 4.52. The lowest BCUT2D eigenvalue weighted by atomic mass is 10.3. The third-order valence-electron chi connectivity index (χ3n) is 2.56. The van der Waals surface area contributed by atoms with Gasteiger partial charge in [0.05, 0.1) is 10.6 Å². The van der Waals surface area contributed by atoms with E-state index in [1.165, 1.54) is 11.3 Å². The van der Waals surface area contributed by atoms with Gasteiger partial charge in [-0.15, -0.1) is 16.4 Å². The maximum Gasteiger partial charge on any atom is 0.453 e. The van der Waals surface area contributed by atoms with Gasteiger partial charge in [0.25, 0.3) is 11.6 Å². The highest BCUT2D eigenvalue weighted by Gasteiger charge is 2.37. The molecule has 0 fully saturated rings. The van der Waals surface area contributed by atoms with E-state index < -0.39 is 29.4 Å². The fraction of sp³-hybridized carbons (Fsp3) is 0.0909. The van der Waals surface area contributed by atoms with E-state index in [4.69, 9.17) is 5.11 Å². The number of carboxylic acid groups (broad SMARTS) is 1. The number of thiophene rings is 1. The number of aromatic nitrogens is 4. The van der Waals surface area contributed by atoms with E-state index in [-0.39, 0.29) is 5.69 Å². The summed E-state index contributed by atoms with van der Waals surface area (Å²) in [4.78, 5) is 19.0. The first-order valence-electron chi connectivity index (χ1n) is 5.48. The van der Waals surface area contributed by atoms with Crippen LogP contribution in [0.1, 0.15) is 16.3 Å². The standard InChI is InChI=1S/C11H5F3N4O2S/c12-11(13,14)9-16-10-15-5(7-2-1-3-21-7)4-6(8(19)20)18(10)17-9/h1-4H,(H,19,20). The Bertz CT molecular complexity index is 826. The summed E-state index contributed by atoms with van der Waals surface area (Å²) in [7, 11) is 0. The van der Waals surface area contributed by atoms with Gasteiger partial charge in [-0.3, -0.25) is 0 Å². The molecule has 3 aromatic heterocycles. The first-order chi connectivity index (χ1) is 9.86. The van der Waals surface area contributed by atoms with E-state index in [0.717, 1.165) is 6.07 Å². The lowest BCUT2D eigenvalue weighted by molar-refractivity contribution is -0.144. The van der Waals surface area contributed by atoms with Crippen LogP contribution in [-0.4, -0.2) is 30.7 Å². The minimum atomic E-state index is -4.77. The summed E-state index contributed by atoms with van der Waals surface area (Å²) in [5, 5.41) is 14.0. The Morgan fingerprint density at radius 1 is 1.33 bits per heavy atom. The summed E-state index contributed by atoms with van der Waals surface area (Å²) in [6.07, 6.45) is -4.77. The lowest BCUT2D eigenvalue weighted by Crippen LogP contribution is -2.10. The molecule has 0 bridgehead atoms. The quantitative estimate of drug-likeness (QED) is 0.786. The largest absolute Gasteiger partial charge is 0.477 e. The van der Waals surface area contributed by atoms with E-state index in [2.05, 4.69) is 15.1 Å². The van der Waals surface area contributed by atoms with Gasteiger partial charge in [0.15, 0.2) is 5.69 Å². The zero-order valence-corrected chi connectivity index (χ0v) is 10.8. The topological polar surface area (TPSA) is 80.4 Å². The van der Waals surface area contributed by atoms with Gasteiger partial charge in [-0.25, -0.2) is 9.78 Å². The molecule has 0 unspecified atom stereocenters. The van der Waals surface area contributed by atoms with Crippen molar-refractivity contribution in [1.29, 1.82) is 0 Å². The molecular weight excluding hydrogens is 309 g/mol. The van der Waals surface area contributed by atoms with Crippen molar-refractivity contribution >= 4 is 23.1 Å². The number of rotatable bonds is 2. The van der Waals surface area contributed by atoms with Crippen molar-refractivity contribution in [2.45, 2.75) is 6.18 Å². The Hall–Kier alpha value is -2.49. The summed E-state index contributed by atoms with van der Waals surface area (Å²) >= 11 is 1.28. The fourth-order valence-corrected chi connectivity index (χ4v) is 2.38. The maximum atomic E-state index is 12.6. The number of aromatic carboxylic acids is 1. The molecule has 0 aliphatic rings. The van der Waals surface area contributed by atoms with Crippen molar-refractivity contribution in [2.75, 3.05) is 0 Å². The normalized spacial score (nSPS) is 12.0. The summed E-state index contributed by atoms with van der Waals surface area (Å²) in [5.41, 5.74) is -0.206. The SMILES string of the molecule is O=C(O)c1cc(-c2cccs2)nc2nc(C(F)(F)F)nn12. The summed E-state index contributed by atoms with van der Waals surface area (Å²) in [6, 6.07) is 4.56. The molecule has 0 radical (unpaired) electrons. The van der Waals surface area contributed by atoms with Gasteiger partial charge in [-0.2, -0.15) is 22.7 Å². The predicted molar refractivity (Wildman–Crippen MR) is 66.1 cm³/mol. The number of hydrogen-bond acceptors (Lipinski definition) is 5. The molecule has 108 valence electrons. The Balaban J connectivity index is 2.29. The molecule has 3 aromatic rings. The average molecular weight is 314 g/mol. The van der Waals surface area contributed by atoms with E-state index in [1.54, 1.807) is 17.5 Å². The second-order valence-corrected chi connectivity index (χ2v) is 4.90. The molecular formula is C11H5F3N4O2S. The van der Waals surface area contributed by atoms with Gasteiger partial charge in [0.1, 0.15) is 0 Å². The summed E-state index contributed by atoms with van der Waals surface area (Å²) in [5.74, 6) is -3.26. The van der Waals surface area contributed by atoms with Gasteiger partial charge in [-0.05, 0) is 17.5 Å². The van der Waals surface area contributed by atoms with Crippen molar-refractivity contribution < 1.29 is 23.1 Å². The number of carboxylic acids is 1. The molecule has 0 aliphatic carbocycles. The van der Waals surface area contributed by atoms with Crippen molar-refractivity contribution in [3.63, 3.8) is 0 Å². The molecule has 21 heavy (non-hydrogen) atoms. The molecule has 0 aromatic carbocycles. The third kappa shape index (κ3) is 2.33. The molecule has 1 N–H and O–H groups in total. The van der Waals surface area contributed by atoms with Crippen LogP contribution in [0.5, 0.6) is 0 Å². The smallest absolute Gasteiger partial charge is 0.453 e. The molecule has 0 saturated carbocycles. The van der Waals surface area contributed by atoms with Gasteiger partial charge in [0, 0.05) is 0 Å². The van der Waals surface area contributed by atoms with Crippen molar-refractivity contribution in [1.82, 2.24) is 19.6 Å². The highest BCUT2D eigenvalue weighted by molar-refractivity contribution is 7.13. The van der Waals surface area contributed by atoms with Crippen LogP contribution in [0, 0.1) is 0 Å². The summed E-state index contributed by atoms with van der Waals surface area (Å²) < 4.78 is 38.4. The Labute approximate surface area is 118 Å². The van der Waals surface area contributed by atoms with Crippen LogP contribution in [0.15, 0.2) is 23.6 Å². The summed E-state index contributed by atoms with van der Waals surface area (Å²) in [6.45, 7) is 0. The molecule has 3 rings (SSSR count). The van der Waals surface area contributed by atoms with Crippen molar-refractivity contribution in [3.05, 3.63) is 35.1 Å². The number of carbonyl (C=O) groups is 1. The van der Waals surface area contributed by atoms with Crippen LogP contribution in [0.3, 0.4) is 0 Å². The fourth-order valence-electron chi connectivity index (χ4n) is 1.69. The van der Waals surface area contributed by atoms with Gasteiger partial charge in [-0.1, -0.05) is 6.07 Å². The Morgan fingerprint density at radius 3 is 2.67 bits per heavy atom.